The van der Waals surface area contributed by atoms with Crippen LogP contribution < -0.4 is 0 Å². The number of benzene rings is 1. The molecule has 0 radical (unpaired) electrons. The van der Waals surface area contributed by atoms with Crippen molar-refractivity contribution in [3.63, 3.8) is 0 Å². The zero-order valence-corrected chi connectivity index (χ0v) is 9.70. The van der Waals surface area contributed by atoms with Crippen LogP contribution in [-0.4, -0.2) is 24.3 Å². The zero-order chi connectivity index (χ0) is 11.7. The Morgan fingerprint density at radius 3 is 2.88 bits per heavy atom. The molecule has 4 heteroatoms. The first-order chi connectivity index (χ1) is 7.61. The molecule has 1 aromatic rings. The molecule has 0 aliphatic heterocycles. The van der Waals surface area contributed by atoms with Crippen LogP contribution in [0.1, 0.15) is 11.1 Å². The third-order valence-corrected chi connectivity index (χ3v) is 3.26. The second-order valence-corrected chi connectivity index (χ2v) is 4.49. The van der Waals surface area contributed by atoms with E-state index in [-0.39, 0.29) is 5.92 Å². The Morgan fingerprint density at radius 2 is 2.19 bits per heavy atom. The Kier molecular flexibility index (Phi) is 3.17. The van der Waals surface area contributed by atoms with E-state index in [0.717, 1.165) is 11.1 Å². The van der Waals surface area contributed by atoms with Crippen molar-refractivity contribution in [3.05, 3.63) is 34.3 Å². The third-order valence-electron chi connectivity index (χ3n) is 3.02. The van der Waals surface area contributed by atoms with Gasteiger partial charge in [-0.3, -0.25) is 0 Å². The lowest BCUT2D eigenvalue weighted by Crippen LogP contribution is -2.31. The van der Waals surface area contributed by atoms with Crippen molar-refractivity contribution in [2.75, 3.05) is 7.11 Å². The van der Waals surface area contributed by atoms with Gasteiger partial charge in [-0.2, -0.15) is 0 Å². The first-order valence-electron chi connectivity index (χ1n) is 5.15. The van der Waals surface area contributed by atoms with Crippen molar-refractivity contribution >= 4 is 17.6 Å². The number of ether oxygens (including phenoxy) is 1. The van der Waals surface area contributed by atoms with Crippen LogP contribution in [-0.2, 0) is 22.4 Å². The van der Waals surface area contributed by atoms with Gasteiger partial charge >= 0.3 is 5.97 Å². The molecule has 1 aliphatic rings. The summed E-state index contributed by atoms with van der Waals surface area (Å²) in [4.78, 5) is 11.2. The Hall–Kier alpha value is -1.06. The van der Waals surface area contributed by atoms with Crippen LogP contribution in [0.2, 0.25) is 5.02 Å². The number of hydrogen-bond acceptors (Lipinski definition) is 3. The summed E-state index contributed by atoms with van der Waals surface area (Å²) in [5.74, 6) is -0.662. The molecule has 0 fully saturated rings. The molecule has 1 N–H and O–H groups in total. The Bertz CT molecular complexity index is 417. The van der Waals surface area contributed by atoms with Crippen molar-refractivity contribution < 1.29 is 14.6 Å². The summed E-state index contributed by atoms with van der Waals surface area (Å²) in [5, 5.41) is 10.4. The molecule has 0 saturated carbocycles. The Morgan fingerprint density at radius 1 is 1.50 bits per heavy atom. The standard InChI is InChI=1S/C12H13ClO3/c1-16-12(15)11(14)9-4-7-2-3-10(13)6-8(7)5-9/h2-3,6,9,11,14H,4-5H2,1H3. The number of carbonyl (C=O) groups excluding carboxylic acids is 1. The SMILES string of the molecule is COC(=O)C(O)C1Cc2ccc(Cl)cc2C1. The van der Waals surface area contributed by atoms with Gasteiger partial charge in [-0.05, 0) is 36.1 Å². The molecule has 0 amide bonds. The summed E-state index contributed by atoms with van der Waals surface area (Å²) in [6, 6.07) is 5.66. The van der Waals surface area contributed by atoms with Crippen molar-refractivity contribution in [1.29, 1.82) is 0 Å². The molecule has 1 aromatic carbocycles. The maximum absolute atomic E-state index is 11.2. The molecule has 0 aromatic heterocycles. The number of rotatable bonds is 2. The van der Waals surface area contributed by atoms with Crippen molar-refractivity contribution in [3.8, 4) is 0 Å². The molecule has 0 saturated heterocycles. The molecular weight excluding hydrogens is 228 g/mol. The van der Waals surface area contributed by atoms with E-state index >= 15 is 0 Å². The fourth-order valence-electron chi connectivity index (χ4n) is 2.16. The van der Waals surface area contributed by atoms with E-state index in [1.807, 2.05) is 18.2 Å². The largest absolute Gasteiger partial charge is 0.467 e. The highest BCUT2D eigenvalue weighted by molar-refractivity contribution is 6.30. The fraction of sp³-hybridized carbons (Fsp3) is 0.417. The molecule has 16 heavy (non-hydrogen) atoms. The molecule has 2 rings (SSSR count). The van der Waals surface area contributed by atoms with Crippen LogP contribution in [0.15, 0.2) is 18.2 Å². The van der Waals surface area contributed by atoms with Crippen molar-refractivity contribution in [1.82, 2.24) is 0 Å². The first-order valence-corrected chi connectivity index (χ1v) is 5.53. The van der Waals surface area contributed by atoms with Crippen LogP contribution in [0.4, 0.5) is 0 Å². The Labute approximate surface area is 99.0 Å². The summed E-state index contributed by atoms with van der Waals surface area (Å²) < 4.78 is 4.53. The van der Waals surface area contributed by atoms with Crippen molar-refractivity contribution in [2.45, 2.75) is 18.9 Å². The quantitative estimate of drug-likeness (QED) is 0.799. The number of esters is 1. The van der Waals surface area contributed by atoms with E-state index in [2.05, 4.69) is 4.74 Å². The number of methoxy groups -OCH3 is 1. The van der Waals surface area contributed by atoms with Crippen LogP contribution in [0.5, 0.6) is 0 Å². The van der Waals surface area contributed by atoms with E-state index in [1.54, 1.807) is 0 Å². The lowest BCUT2D eigenvalue weighted by atomic mass is 9.99. The minimum atomic E-state index is -1.05. The smallest absolute Gasteiger partial charge is 0.334 e. The van der Waals surface area contributed by atoms with Crippen LogP contribution >= 0.6 is 11.6 Å². The summed E-state index contributed by atoms with van der Waals surface area (Å²) >= 11 is 5.89. The molecule has 2 unspecified atom stereocenters. The van der Waals surface area contributed by atoms with E-state index in [4.69, 9.17) is 11.6 Å². The number of halogens is 1. The maximum atomic E-state index is 11.2. The number of aliphatic hydroxyl groups is 1. The van der Waals surface area contributed by atoms with Crippen LogP contribution in [0, 0.1) is 5.92 Å². The normalized spacial score (nSPS) is 20.3. The number of fused-ring (bicyclic) bond motifs is 1. The molecular formula is C12H13ClO3. The molecule has 0 spiro atoms. The van der Waals surface area contributed by atoms with Gasteiger partial charge in [0, 0.05) is 10.9 Å². The molecule has 2 atom stereocenters. The predicted octanol–water partition coefficient (Wildman–Crippen LogP) is 1.59. The summed E-state index contributed by atoms with van der Waals surface area (Å²) in [6.07, 6.45) is 0.325. The van der Waals surface area contributed by atoms with Gasteiger partial charge in [0.1, 0.15) is 0 Å². The number of hydrogen-bond donors (Lipinski definition) is 1. The summed E-state index contributed by atoms with van der Waals surface area (Å²) in [6.45, 7) is 0. The molecule has 3 nitrogen and oxygen atoms in total. The van der Waals surface area contributed by atoms with Gasteiger partial charge in [0.25, 0.3) is 0 Å². The van der Waals surface area contributed by atoms with E-state index in [9.17, 15) is 9.90 Å². The highest BCUT2D eigenvalue weighted by Gasteiger charge is 2.32. The third kappa shape index (κ3) is 2.06. The van der Waals surface area contributed by atoms with Gasteiger partial charge in [-0.15, -0.1) is 0 Å². The minimum Gasteiger partial charge on any atom is -0.467 e. The number of aliphatic hydroxyl groups excluding tert-OH is 1. The fourth-order valence-corrected chi connectivity index (χ4v) is 2.35. The van der Waals surface area contributed by atoms with Gasteiger partial charge in [0.15, 0.2) is 6.10 Å². The molecule has 86 valence electrons. The summed E-state index contributed by atoms with van der Waals surface area (Å²) in [7, 11) is 1.28. The first kappa shape index (κ1) is 11.4. The topological polar surface area (TPSA) is 46.5 Å². The van der Waals surface area contributed by atoms with E-state index in [0.29, 0.717) is 17.9 Å². The van der Waals surface area contributed by atoms with Gasteiger partial charge in [0.05, 0.1) is 7.11 Å². The van der Waals surface area contributed by atoms with Crippen LogP contribution in [0.3, 0.4) is 0 Å². The predicted molar refractivity (Wildman–Crippen MR) is 60.4 cm³/mol. The molecule has 0 heterocycles. The van der Waals surface area contributed by atoms with Gasteiger partial charge in [-0.1, -0.05) is 17.7 Å². The number of carbonyl (C=O) groups is 1. The van der Waals surface area contributed by atoms with Crippen LogP contribution in [0.25, 0.3) is 0 Å². The zero-order valence-electron chi connectivity index (χ0n) is 8.94. The van der Waals surface area contributed by atoms with Crippen molar-refractivity contribution in [2.24, 2.45) is 5.92 Å². The maximum Gasteiger partial charge on any atom is 0.334 e. The monoisotopic (exact) mass is 240 g/mol. The molecule has 0 bridgehead atoms. The second-order valence-electron chi connectivity index (χ2n) is 4.05. The lowest BCUT2D eigenvalue weighted by Gasteiger charge is -2.14. The summed E-state index contributed by atoms with van der Waals surface area (Å²) in [5.41, 5.74) is 2.26. The molecule has 1 aliphatic carbocycles. The Balaban J connectivity index is 2.13. The van der Waals surface area contributed by atoms with Gasteiger partial charge in [-0.25, -0.2) is 4.79 Å². The van der Waals surface area contributed by atoms with Gasteiger partial charge < -0.3 is 9.84 Å². The minimum absolute atomic E-state index is 0.0964. The average molecular weight is 241 g/mol. The second kappa shape index (κ2) is 4.44. The highest BCUT2D eigenvalue weighted by atomic mass is 35.5. The highest BCUT2D eigenvalue weighted by Crippen LogP contribution is 2.31. The van der Waals surface area contributed by atoms with E-state index < -0.39 is 12.1 Å². The average Bonchev–Trinajstić information content (AvgIpc) is 2.69. The van der Waals surface area contributed by atoms with Gasteiger partial charge in [0.2, 0.25) is 0 Å². The van der Waals surface area contributed by atoms with E-state index in [1.165, 1.54) is 7.11 Å². The lowest BCUT2D eigenvalue weighted by molar-refractivity contribution is -0.153.